The van der Waals surface area contributed by atoms with Gasteiger partial charge in [-0.1, -0.05) is 0 Å². The average Bonchev–Trinajstić information content (AvgIpc) is 2.98. The van der Waals surface area contributed by atoms with Crippen molar-refractivity contribution in [3.05, 3.63) is 0 Å². The molecule has 15 heavy (non-hydrogen) atoms. The zero-order valence-corrected chi connectivity index (χ0v) is 9.57. The lowest BCUT2D eigenvalue weighted by atomic mass is 10.1. The molecule has 3 nitrogen and oxygen atoms in total. The molecule has 2 atom stereocenters. The summed E-state index contributed by atoms with van der Waals surface area (Å²) in [6.07, 6.45) is 5.58. The van der Waals surface area contributed by atoms with Crippen LogP contribution < -0.4 is 5.73 Å². The van der Waals surface area contributed by atoms with Crippen molar-refractivity contribution in [1.82, 2.24) is 9.80 Å². The first-order chi connectivity index (χ1) is 7.33. The van der Waals surface area contributed by atoms with Gasteiger partial charge in [-0.15, -0.1) is 0 Å². The topological polar surface area (TPSA) is 32.5 Å². The second kappa shape index (κ2) is 4.04. The van der Waals surface area contributed by atoms with E-state index in [4.69, 9.17) is 5.73 Å². The highest BCUT2D eigenvalue weighted by Gasteiger charge is 2.34. The Hall–Kier alpha value is -0.120. The van der Waals surface area contributed by atoms with Crippen molar-refractivity contribution in [1.29, 1.82) is 0 Å². The summed E-state index contributed by atoms with van der Waals surface area (Å²) in [6, 6.07) is 1.31. The molecule has 0 aromatic heterocycles. The fourth-order valence-electron chi connectivity index (χ4n) is 3.19. The molecule has 2 heterocycles. The lowest BCUT2D eigenvalue weighted by molar-refractivity contribution is 0.0980. The summed E-state index contributed by atoms with van der Waals surface area (Å²) in [5, 5.41) is 0. The molecule has 0 spiro atoms. The molecule has 0 amide bonds. The van der Waals surface area contributed by atoms with Crippen molar-refractivity contribution in [2.24, 2.45) is 11.7 Å². The van der Waals surface area contributed by atoms with Crippen LogP contribution in [0.2, 0.25) is 0 Å². The highest BCUT2D eigenvalue weighted by Crippen LogP contribution is 2.32. The van der Waals surface area contributed by atoms with Crippen molar-refractivity contribution < 1.29 is 0 Å². The van der Waals surface area contributed by atoms with Crippen LogP contribution in [0.25, 0.3) is 0 Å². The van der Waals surface area contributed by atoms with Gasteiger partial charge in [0.15, 0.2) is 0 Å². The van der Waals surface area contributed by atoms with Gasteiger partial charge in [0.2, 0.25) is 0 Å². The minimum Gasteiger partial charge on any atom is -0.326 e. The number of hydrogen-bond donors (Lipinski definition) is 1. The Morgan fingerprint density at radius 1 is 1.13 bits per heavy atom. The monoisotopic (exact) mass is 209 g/mol. The summed E-state index contributed by atoms with van der Waals surface area (Å²) < 4.78 is 0. The fourth-order valence-corrected chi connectivity index (χ4v) is 3.19. The molecule has 3 aliphatic rings. The maximum Gasteiger partial charge on any atom is 0.0224 e. The van der Waals surface area contributed by atoms with E-state index >= 15 is 0 Å². The average molecular weight is 209 g/mol. The second-order valence-corrected chi connectivity index (χ2v) is 5.59. The Morgan fingerprint density at radius 2 is 2.00 bits per heavy atom. The molecule has 1 aliphatic carbocycles. The van der Waals surface area contributed by atoms with Gasteiger partial charge in [-0.25, -0.2) is 0 Å². The number of fused-ring (bicyclic) bond motifs is 1. The summed E-state index contributed by atoms with van der Waals surface area (Å²) in [4.78, 5) is 5.27. The second-order valence-electron chi connectivity index (χ2n) is 5.59. The van der Waals surface area contributed by atoms with Crippen LogP contribution in [-0.2, 0) is 0 Å². The Morgan fingerprint density at radius 3 is 2.80 bits per heavy atom. The van der Waals surface area contributed by atoms with Gasteiger partial charge in [0.05, 0.1) is 0 Å². The van der Waals surface area contributed by atoms with Crippen LogP contribution in [0.1, 0.15) is 25.7 Å². The molecule has 3 heteroatoms. The zero-order valence-electron chi connectivity index (χ0n) is 9.57. The van der Waals surface area contributed by atoms with E-state index in [0.29, 0.717) is 6.04 Å². The van der Waals surface area contributed by atoms with E-state index in [1.807, 2.05) is 0 Å². The zero-order chi connectivity index (χ0) is 10.3. The molecular formula is C12H23N3. The molecule has 0 aromatic carbocycles. The number of nitrogens with zero attached hydrogens (tertiary/aromatic N) is 2. The lowest BCUT2D eigenvalue weighted by Gasteiger charge is -2.38. The molecule has 3 rings (SSSR count). The van der Waals surface area contributed by atoms with E-state index in [9.17, 15) is 0 Å². The first-order valence-electron chi connectivity index (χ1n) is 6.55. The predicted octanol–water partition coefficient (Wildman–Crippen LogP) is 0.504. The van der Waals surface area contributed by atoms with Crippen molar-refractivity contribution >= 4 is 0 Å². The molecule has 2 saturated heterocycles. The van der Waals surface area contributed by atoms with Gasteiger partial charge < -0.3 is 5.73 Å². The Labute approximate surface area is 92.6 Å². The summed E-state index contributed by atoms with van der Waals surface area (Å²) >= 11 is 0. The van der Waals surface area contributed by atoms with Crippen molar-refractivity contribution in [2.75, 3.05) is 32.7 Å². The van der Waals surface area contributed by atoms with Crippen molar-refractivity contribution in [2.45, 2.75) is 37.8 Å². The largest absolute Gasteiger partial charge is 0.326 e. The molecule has 86 valence electrons. The van der Waals surface area contributed by atoms with E-state index < -0.39 is 0 Å². The van der Waals surface area contributed by atoms with Gasteiger partial charge in [-0.3, -0.25) is 9.80 Å². The molecule has 3 fully saturated rings. The first kappa shape index (κ1) is 10.1. The maximum atomic E-state index is 6.19. The lowest BCUT2D eigenvalue weighted by Crippen LogP contribution is -2.53. The standard InChI is InChI=1S/C12H23N3/c13-12(10-3-4-10)9-14-6-7-15-5-1-2-11(15)8-14/h10-12H,1-9,13H2. The Kier molecular flexibility index (Phi) is 2.71. The van der Waals surface area contributed by atoms with Gasteiger partial charge >= 0.3 is 0 Å². The van der Waals surface area contributed by atoms with Crippen LogP contribution in [0.4, 0.5) is 0 Å². The minimum absolute atomic E-state index is 0.456. The fraction of sp³-hybridized carbons (Fsp3) is 1.00. The number of nitrogens with two attached hydrogens (primary N) is 1. The van der Waals surface area contributed by atoms with Gasteiger partial charge in [-0.05, 0) is 38.1 Å². The Balaban J connectivity index is 1.50. The summed E-state index contributed by atoms with van der Waals surface area (Å²) in [6.45, 7) is 6.29. The van der Waals surface area contributed by atoms with Crippen LogP contribution in [0.5, 0.6) is 0 Å². The molecule has 1 saturated carbocycles. The van der Waals surface area contributed by atoms with Gasteiger partial charge in [0.1, 0.15) is 0 Å². The van der Waals surface area contributed by atoms with Crippen molar-refractivity contribution in [3.63, 3.8) is 0 Å². The molecule has 2 aliphatic heterocycles. The van der Waals surface area contributed by atoms with E-state index in [-0.39, 0.29) is 0 Å². The van der Waals surface area contributed by atoms with Crippen LogP contribution in [0.3, 0.4) is 0 Å². The number of hydrogen-bond acceptors (Lipinski definition) is 3. The van der Waals surface area contributed by atoms with E-state index in [2.05, 4.69) is 9.80 Å². The molecule has 0 aromatic rings. The van der Waals surface area contributed by atoms with Gasteiger partial charge in [-0.2, -0.15) is 0 Å². The highest BCUT2D eigenvalue weighted by atomic mass is 15.3. The molecule has 2 N–H and O–H groups in total. The first-order valence-corrected chi connectivity index (χ1v) is 6.55. The van der Waals surface area contributed by atoms with Gasteiger partial charge in [0.25, 0.3) is 0 Å². The summed E-state index contributed by atoms with van der Waals surface area (Å²) in [5.41, 5.74) is 6.19. The third-order valence-corrected chi connectivity index (χ3v) is 4.37. The van der Waals surface area contributed by atoms with E-state index in [1.54, 1.807) is 0 Å². The van der Waals surface area contributed by atoms with Gasteiger partial charge in [0, 0.05) is 38.3 Å². The SMILES string of the molecule is NC(CN1CCN2CCCC2C1)C1CC1. The summed E-state index contributed by atoms with van der Waals surface area (Å²) in [7, 11) is 0. The van der Waals surface area contributed by atoms with Crippen LogP contribution in [0, 0.1) is 5.92 Å². The number of rotatable bonds is 3. The summed E-state index contributed by atoms with van der Waals surface area (Å²) in [5.74, 6) is 0.853. The Bertz CT molecular complexity index is 225. The van der Waals surface area contributed by atoms with Crippen LogP contribution in [-0.4, -0.2) is 54.6 Å². The molecule has 0 bridgehead atoms. The predicted molar refractivity (Wildman–Crippen MR) is 61.7 cm³/mol. The third-order valence-electron chi connectivity index (χ3n) is 4.37. The molecule has 0 radical (unpaired) electrons. The van der Waals surface area contributed by atoms with Crippen LogP contribution in [0.15, 0.2) is 0 Å². The van der Waals surface area contributed by atoms with E-state index in [0.717, 1.165) is 18.5 Å². The van der Waals surface area contributed by atoms with E-state index in [1.165, 1.54) is 51.9 Å². The number of piperazine rings is 1. The smallest absolute Gasteiger partial charge is 0.0224 e. The third kappa shape index (κ3) is 2.19. The van der Waals surface area contributed by atoms with Crippen LogP contribution >= 0.6 is 0 Å². The van der Waals surface area contributed by atoms with Crippen molar-refractivity contribution in [3.8, 4) is 0 Å². The molecule has 2 unspecified atom stereocenters. The molecular weight excluding hydrogens is 186 g/mol. The quantitative estimate of drug-likeness (QED) is 0.735. The highest BCUT2D eigenvalue weighted by molar-refractivity contribution is 4.91. The maximum absolute atomic E-state index is 6.19. The minimum atomic E-state index is 0.456. The normalized spacial score (nSPS) is 35.4.